The van der Waals surface area contributed by atoms with Crippen molar-refractivity contribution in [3.05, 3.63) is 53.1 Å². The smallest absolute Gasteiger partial charge is 0.260 e. The summed E-state index contributed by atoms with van der Waals surface area (Å²) >= 11 is 7.46. The number of thiazole rings is 1. The van der Waals surface area contributed by atoms with Crippen LogP contribution in [0.5, 0.6) is 0 Å². The Labute approximate surface area is 191 Å². The maximum absolute atomic E-state index is 13.3. The molecule has 30 heavy (non-hydrogen) atoms. The van der Waals surface area contributed by atoms with E-state index in [1.165, 1.54) is 23.5 Å². The van der Waals surface area contributed by atoms with E-state index in [1.807, 2.05) is 31.1 Å². The minimum atomic E-state index is -3.40. The lowest BCUT2D eigenvalue weighted by Gasteiger charge is -2.22. The Hall–Kier alpha value is -1.71. The highest BCUT2D eigenvalue weighted by Crippen LogP contribution is 2.31. The van der Waals surface area contributed by atoms with Crippen molar-refractivity contribution in [1.82, 2.24) is 9.88 Å². The van der Waals surface area contributed by atoms with Crippen LogP contribution in [0.15, 0.2) is 47.4 Å². The summed E-state index contributed by atoms with van der Waals surface area (Å²) in [6.07, 6.45) is 0. The largest absolute Gasteiger partial charge is 0.308 e. The second-order valence-electron chi connectivity index (χ2n) is 6.80. The lowest BCUT2D eigenvalue weighted by atomic mass is 10.2. The van der Waals surface area contributed by atoms with E-state index in [2.05, 4.69) is 4.98 Å². The van der Waals surface area contributed by atoms with Crippen LogP contribution in [0.3, 0.4) is 0 Å². The van der Waals surface area contributed by atoms with Crippen LogP contribution >= 0.6 is 35.3 Å². The van der Waals surface area contributed by atoms with Gasteiger partial charge in [0.1, 0.15) is 0 Å². The molecule has 1 amide bonds. The first kappa shape index (κ1) is 24.6. The Morgan fingerprint density at radius 3 is 2.53 bits per heavy atom. The predicted molar refractivity (Wildman–Crippen MR) is 126 cm³/mol. The van der Waals surface area contributed by atoms with E-state index in [1.54, 1.807) is 30.0 Å². The Kier molecular flexibility index (Phi) is 8.24. The minimum Gasteiger partial charge on any atom is -0.308 e. The molecular weight excluding hydrogens is 465 g/mol. The van der Waals surface area contributed by atoms with E-state index in [9.17, 15) is 13.2 Å². The summed E-state index contributed by atoms with van der Waals surface area (Å²) in [5.74, 6) is -0.307. The number of hydrogen-bond donors (Lipinski definition) is 0. The third kappa shape index (κ3) is 5.50. The van der Waals surface area contributed by atoms with Gasteiger partial charge in [-0.1, -0.05) is 35.9 Å². The quantitative estimate of drug-likeness (QED) is 0.494. The fourth-order valence-electron chi connectivity index (χ4n) is 2.73. The normalized spacial score (nSPS) is 11.5. The van der Waals surface area contributed by atoms with Crippen molar-refractivity contribution in [3.63, 3.8) is 0 Å². The van der Waals surface area contributed by atoms with Gasteiger partial charge in [-0.25, -0.2) is 13.4 Å². The number of amides is 1. The van der Waals surface area contributed by atoms with Crippen LogP contribution in [-0.2, 0) is 9.84 Å². The molecule has 0 bridgehead atoms. The summed E-state index contributed by atoms with van der Waals surface area (Å²) in [5.41, 5.74) is 1.08. The van der Waals surface area contributed by atoms with Crippen molar-refractivity contribution >= 4 is 66.4 Å². The van der Waals surface area contributed by atoms with E-state index in [0.29, 0.717) is 28.8 Å². The van der Waals surface area contributed by atoms with Gasteiger partial charge >= 0.3 is 0 Å². The first-order chi connectivity index (χ1) is 13.7. The van der Waals surface area contributed by atoms with Gasteiger partial charge in [0.25, 0.3) is 5.91 Å². The number of aromatic nitrogens is 1. The molecule has 0 radical (unpaired) electrons. The molecule has 0 atom stereocenters. The highest BCUT2D eigenvalue weighted by Gasteiger charge is 2.23. The number of fused-ring (bicyclic) bond motifs is 1. The Morgan fingerprint density at radius 2 is 1.87 bits per heavy atom. The van der Waals surface area contributed by atoms with Crippen molar-refractivity contribution in [3.8, 4) is 0 Å². The molecule has 10 heteroatoms. The summed E-state index contributed by atoms with van der Waals surface area (Å²) < 4.78 is 25.3. The zero-order valence-electron chi connectivity index (χ0n) is 16.8. The van der Waals surface area contributed by atoms with Crippen LogP contribution in [-0.4, -0.2) is 57.1 Å². The average molecular weight is 488 g/mol. The number of halogens is 2. The predicted octanol–water partition coefficient (Wildman–Crippen LogP) is 4.37. The number of hydrogen-bond acceptors (Lipinski definition) is 6. The molecule has 3 rings (SSSR count). The van der Waals surface area contributed by atoms with E-state index in [-0.39, 0.29) is 29.0 Å². The lowest BCUT2D eigenvalue weighted by Crippen LogP contribution is -2.36. The number of benzene rings is 2. The first-order valence-corrected chi connectivity index (χ1v) is 11.9. The molecule has 0 aliphatic rings. The van der Waals surface area contributed by atoms with E-state index < -0.39 is 9.84 Å². The fourth-order valence-corrected chi connectivity index (χ4v) is 4.92. The van der Waals surface area contributed by atoms with Crippen molar-refractivity contribution in [2.24, 2.45) is 0 Å². The van der Waals surface area contributed by atoms with Crippen molar-refractivity contribution in [2.75, 3.05) is 37.8 Å². The molecule has 6 nitrogen and oxygen atoms in total. The second-order valence-corrected chi connectivity index (χ2v) is 10.5. The van der Waals surface area contributed by atoms with Crippen molar-refractivity contribution < 1.29 is 13.2 Å². The van der Waals surface area contributed by atoms with Crippen LogP contribution in [0.25, 0.3) is 10.2 Å². The summed E-state index contributed by atoms with van der Waals surface area (Å²) in [4.78, 5) is 21.6. The third-order valence-electron chi connectivity index (χ3n) is 4.41. The van der Waals surface area contributed by atoms with E-state index in [0.717, 1.165) is 10.2 Å². The standard InChI is InChI=1S/C20H22ClN3O3S2.ClH/c1-4-29(26,27)16-7-5-6-14(12-16)19(25)24(11-10-23(2)3)20-22-17-9-8-15(21)13-18(17)28-20;/h5-9,12-13H,4,10-11H2,1-3H3;1H. The van der Waals surface area contributed by atoms with Gasteiger partial charge in [-0.05, 0) is 50.5 Å². The van der Waals surface area contributed by atoms with Gasteiger partial charge in [-0.3, -0.25) is 9.69 Å². The molecule has 0 fully saturated rings. The molecule has 0 spiro atoms. The fraction of sp³-hybridized carbons (Fsp3) is 0.300. The highest BCUT2D eigenvalue weighted by atomic mass is 35.5. The first-order valence-electron chi connectivity index (χ1n) is 9.07. The summed E-state index contributed by atoms with van der Waals surface area (Å²) in [7, 11) is 0.449. The van der Waals surface area contributed by atoms with Crippen LogP contribution in [0.4, 0.5) is 5.13 Å². The molecule has 0 saturated heterocycles. The number of carbonyl (C=O) groups excluding carboxylic acids is 1. The monoisotopic (exact) mass is 487 g/mol. The molecule has 2 aromatic carbocycles. The number of nitrogens with zero attached hydrogens (tertiary/aromatic N) is 3. The molecule has 162 valence electrons. The third-order valence-corrected chi connectivity index (χ3v) is 7.41. The van der Waals surface area contributed by atoms with Crippen molar-refractivity contribution in [2.45, 2.75) is 11.8 Å². The van der Waals surface area contributed by atoms with Crippen LogP contribution < -0.4 is 4.90 Å². The number of sulfone groups is 1. The van der Waals surface area contributed by atoms with E-state index in [4.69, 9.17) is 11.6 Å². The SMILES string of the molecule is CCS(=O)(=O)c1cccc(C(=O)N(CCN(C)C)c2nc3ccc(Cl)cc3s2)c1.Cl. The topological polar surface area (TPSA) is 70.6 Å². The zero-order chi connectivity index (χ0) is 21.2. The number of anilines is 1. The molecule has 0 aliphatic heterocycles. The Balaban J connectivity index is 0.00000320. The van der Waals surface area contributed by atoms with Gasteiger partial charge in [0.05, 0.1) is 20.9 Å². The number of carbonyl (C=O) groups is 1. The molecule has 1 heterocycles. The molecule has 0 N–H and O–H groups in total. The molecule has 0 unspecified atom stereocenters. The van der Waals surface area contributed by atoms with Crippen LogP contribution in [0.1, 0.15) is 17.3 Å². The van der Waals surface area contributed by atoms with Gasteiger partial charge < -0.3 is 4.90 Å². The molecule has 3 aromatic rings. The van der Waals surface area contributed by atoms with Crippen molar-refractivity contribution in [1.29, 1.82) is 0 Å². The van der Waals surface area contributed by atoms with Gasteiger partial charge in [-0.2, -0.15) is 0 Å². The summed E-state index contributed by atoms with van der Waals surface area (Å²) in [6, 6.07) is 11.6. The maximum Gasteiger partial charge on any atom is 0.260 e. The highest BCUT2D eigenvalue weighted by molar-refractivity contribution is 7.91. The summed E-state index contributed by atoms with van der Waals surface area (Å²) in [5, 5.41) is 1.16. The van der Waals surface area contributed by atoms with Crippen LogP contribution in [0, 0.1) is 0 Å². The molecule has 1 aromatic heterocycles. The summed E-state index contributed by atoms with van der Waals surface area (Å²) in [6.45, 7) is 2.64. The zero-order valence-corrected chi connectivity index (χ0v) is 20.0. The molecular formula is C20H23Cl2N3O3S2. The Bertz CT molecular complexity index is 1150. The number of likely N-dealkylation sites (N-methyl/N-ethyl adjacent to an activating group) is 1. The average Bonchev–Trinajstić information content (AvgIpc) is 3.10. The lowest BCUT2D eigenvalue weighted by molar-refractivity contribution is 0.0985. The van der Waals surface area contributed by atoms with Gasteiger partial charge in [0, 0.05) is 23.7 Å². The van der Waals surface area contributed by atoms with E-state index >= 15 is 0 Å². The van der Waals surface area contributed by atoms with Gasteiger partial charge in [-0.15, -0.1) is 12.4 Å². The number of rotatable bonds is 7. The van der Waals surface area contributed by atoms with Gasteiger partial charge in [0.15, 0.2) is 15.0 Å². The second kappa shape index (κ2) is 10.1. The molecule has 0 aliphatic carbocycles. The maximum atomic E-state index is 13.3. The van der Waals surface area contributed by atoms with Gasteiger partial charge in [0.2, 0.25) is 0 Å². The Morgan fingerprint density at radius 1 is 1.13 bits per heavy atom. The minimum absolute atomic E-state index is 0. The molecule has 0 saturated carbocycles. The van der Waals surface area contributed by atoms with Crippen LogP contribution in [0.2, 0.25) is 5.02 Å².